The summed E-state index contributed by atoms with van der Waals surface area (Å²) in [5.74, 6) is 0. The van der Waals surface area contributed by atoms with Crippen molar-refractivity contribution in [3.05, 3.63) is 0 Å². The van der Waals surface area contributed by atoms with Gasteiger partial charge in [0.05, 0.1) is 0 Å². The summed E-state index contributed by atoms with van der Waals surface area (Å²) < 4.78 is 0. The fraction of sp³-hybridized carbons (Fsp3) is 1.00. The molecule has 0 saturated heterocycles. The average Bonchev–Trinajstić information content (AvgIpc) is 1.99. The SMILES string of the molecule is CCCCCC(CC)[SiH2]Cl. The first-order valence-corrected chi connectivity index (χ1v) is 7.36. The fourth-order valence-electron chi connectivity index (χ4n) is 1.07. The Morgan fingerprint density at radius 2 is 2.00 bits per heavy atom. The maximum Gasteiger partial charge on any atom is 0.128 e. The molecule has 0 aromatic rings. The normalized spacial score (nSPS) is 14.7. The van der Waals surface area contributed by atoms with E-state index in [2.05, 4.69) is 13.8 Å². The van der Waals surface area contributed by atoms with Crippen LogP contribution in [-0.2, 0) is 0 Å². The van der Waals surface area contributed by atoms with Gasteiger partial charge in [-0.2, -0.15) is 11.1 Å². The molecule has 0 radical (unpaired) electrons. The lowest BCUT2D eigenvalue weighted by atomic mass is 10.1. The van der Waals surface area contributed by atoms with Crippen LogP contribution in [0.1, 0.15) is 46.0 Å². The van der Waals surface area contributed by atoms with E-state index in [1.54, 1.807) is 0 Å². The molecule has 0 N–H and O–H groups in total. The maximum absolute atomic E-state index is 5.89. The molecule has 0 aromatic carbocycles. The van der Waals surface area contributed by atoms with E-state index in [9.17, 15) is 0 Å². The quantitative estimate of drug-likeness (QED) is 0.333. The predicted octanol–water partition coefficient (Wildman–Crippen LogP) is 3.09. The molecule has 0 aliphatic carbocycles. The zero-order valence-corrected chi connectivity index (χ0v) is 9.37. The Hall–Kier alpha value is 0.507. The Balaban J connectivity index is 3.09. The molecule has 0 aliphatic heterocycles. The van der Waals surface area contributed by atoms with Crippen molar-refractivity contribution in [3.8, 4) is 0 Å². The fourth-order valence-corrected chi connectivity index (χ4v) is 2.85. The van der Waals surface area contributed by atoms with Crippen molar-refractivity contribution in [1.82, 2.24) is 0 Å². The third-order valence-electron chi connectivity index (χ3n) is 2.01. The standard InChI is InChI=1S/C8H19ClSi/c1-3-5-6-7-8(4-2)10-9/h8H,3-7,10H2,1-2H3. The third-order valence-corrected chi connectivity index (χ3v) is 4.74. The van der Waals surface area contributed by atoms with Crippen LogP contribution in [0.5, 0.6) is 0 Å². The molecule has 0 saturated carbocycles. The van der Waals surface area contributed by atoms with Gasteiger partial charge in [0.15, 0.2) is 0 Å². The lowest BCUT2D eigenvalue weighted by molar-refractivity contribution is 0.622. The summed E-state index contributed by atoms with van der Waals surface area (Å²) in [6.45, 7) is 4.51. The van der Waals surface area contributed by atoms with Crippen LogP contribution < -0.4 is 0 Å². The Kier molecular flexibility index (Phi) is 8.00. The lowest BCUT2D eigenvalue weighted by Crippen LogP contribution is -1.95. The van der Waals surface area contributed by atoms with Crippen LogP contribution in [0.2, 0.25) is 5.54 Å². The van der Waals surface area contributed by atoms with E-state index in [0.29, 0.717) is 0 Å². The van der Waals surface area contributed by atoms with Gasteiger partial charge in [-0.25, -0.2) is 0 Å². The van der Waals surface area contributed by atoms with Crippen LogP contribution >= 0.6 is 11.1 Å². The van der Waals surface area contributed by atoms with Crippen molar-refractivity contribution < 1.29 is 0 Å². The zero-order valence-electron chi connectivity index (χ0n) is 7.20. The summed E-state index contributed by atoms with van der Waals surface area (Å²) in [5, 5.41) is 0. The van der Waals surface area contributed by atoms with Crippen molar-refractivity contribution in [3.63, 3.8) is 0 Å². The van der Waals surface area contributed by atoms with Gasteiger partial charge in [-0.3, -0.25) is 0 Å². The molecule has 10 heavy (non-hydrogen) atoms. The minimum atomic E-state index is -0.228. The molecule has 62 valence electrons. The van der Waals surface area contributed by atoms with Gasteiger partial charge in [0, 0.05) is 0 Å². The lowest BCUT2D eigenvalue weighted by Gasteiger charge is -2.08. The van der Waals surface area contributed by atoms with Crippen molar-refractivity contribution >= 4 is 19.9 Å². The Morgan fingerprint density at radius 1 is 1.30 bits per heavy atom. The molecule has 0 fully saturated rings. The first kappa shape index (κ1) is 10.5. The molecular weight excluding hydrogens is 160 g/mol. The van der Waals surface area contributed by atoms with Crippen LogP contribution in [0.4, 0.5) is 0 Å². The highest BCUT2D eigenvalue weighted by Gasteiger charge is 2.03. The highest BCUT2D eigenvalue weighted by molar-refractivity contribution is 6.94. The van der Waals surface area contributed by atoms with E-state index in [1.807, 2.05) is 0 Å². The van der Waals surface area contributed by atoms with E-state index in [4.69, 9.17) is 11.1 Å². The largest absolute Gasteiger partial charge is 0.176 e. The van der Waals surface area contributed by atoms with Crippen LogP contribution in [0.3, 0.4) is 0 Å². The molecule has 0 bridgehead atoms. The molecule has 2 heteroatoms. The van der Waals surface area contributed by atoms with E-state index in [-0.39, 0.29) is 8.83 Å². The smallest absolute Gasteiger partial charge is 0.128 e. The predicted molar refractivity (Wildman–Crippen MR) is 52.6 cm³/mol. The van der Waals surface area contributed by atoms with Crippen LogP contribution in [0.25, 0.3) is 0 Å². The molecule has 0 spiro atoms. The van der Waals surface area contributed by atoms with Gasteiger partial charge in [0.2, 0.25) is 0 Å². The van der Waals surface area contributed by atoms with Crippen molar-refractivity contribution in [2.75, 3.05) is 0 Å². The maximum atomic E-state index is 5.89. The van der Waals surface area contributed by atoms with Crippen molar-refractivity contribution in [2.45, 2.75) is 51.5 Å². The summed E-state index contributed by atoms with van der Waals surface area (Å²) in [6, 6.07) is 0. The van der Waals surface area contributed by atoms with E-state index < -0.39 is 0 Å². The van der Waals surface area contributed by atoms with Crippen LogP contribution in [0.15, 0.2) is 0 Å². The summed E-state index contributed by atoms with van der Waals surface area (Å²) in [4.78, 5) is 0. The third kappa shape index (κ3) is 5.30. The molecule has 0 rings (SSSR count). The van der Waals surface area contributed by atoms with Crippen molar-refractivity contribution in [2.24, 2.45) is 0 Å². The average molecular weight is 179 g/mol. The summed E-state index contributed by atoms with van der Waals surface area (Å²) >= 11 is 5.89. The number of unbranched alkanes of at least 4 members (excludes halogenated alkanes) is 2. The van der Waals surface area contributed by atoms with Crippen LogP contribution in [0, 0.1) is 0 Å². The number of rotatable bonds is 6. The van der Waals surface area contributed by atoms with Gasteiger partial charge in [0.25, 0.3) is 0 Å². The molecule has 0 heterocycles. The summed E-state index contributed by atoms with van der Waals surface area (Å²) in [6.07, 6.45) is 6.82. The van der Waals surface area contributed by atoms with Gasteiger partial charge < -0.3 is 0 Å². The molecule has 0 aliphatic rings. The monoisotopic (exact) mass is 178 g/mol. The van der Waals surface area contributed by atoms with Gasteiger partial charge >= 0.3 is 0 Å². The molecule has 1 unspecified atom stereocenters. The highest BCUT2D eigenvalue weighted by atomic mass is 35.6. The first-order valence-electron chi connectivity index (χ1n) is 4.41. The number of halogens is 1. The highest BCUT2D eigenvalue weighted by Crippen LogP contribution is 2.18. The van der Waals surface area contributed by atoms with Gasteiger partial charge in [-0.1, -0.05) is 46.0 Å². The molecule has 0 aromatic heterocycles. The molecule has 0 nitrogen and oxygen atoms in total. The Labute approximate surface area is 71.9 Å². The van der Waals surface area contributed by atoms with E-state index in [1.165, 1.54) is 32.1 Å². The van der Waals surface area contributed by atoms with Crippen molar-refractivity contribution in [1.29, 1.82) is 0 Å². The minimum absolute atomic E-state index is 0.228. The second-order valence-corrected chi connectivity index (χ2v) is 5.31. The Morgan fingerprint density at radius 3 is 2.40 bits per heavy atom. The number of hydrogen-bond donors (Lipinski definition) is 0. The summed E-state index contributed by atoms with van der Waals surface area (Å²) in [7, 11) is -0.228. The second-order valence-electron chi connectivity index (χ2n) is 2.92. The van der Waals surface area contributed by atoms with E-state index >= 15 is 0 Å². The molecule has 1 atom stereocenters. The van der Waals surface area contributed by atoms with Crippen LogP contribution in [-0.4, -0.2) is 8.83 Å². The van der Waals surface area contributed by atoms with Gasteiger partial charge in [0.1, 0.15) is 8.83 Å². The van der Waals surface area contributed by atoms with E-state index in [0.717, 1.165) is 5.54 Å². The molecular formula is C8H19ClSi. The number of hydrogen-bond acceptors (Lipinski definition) is 0. The Bertz CT molecular complexity index is 62.3. The minimum Gasteiger partial charge on any atom is -0.176 e. The topological polar surface area (TPSA) is 0 Å². The summed E-state index contributed by atoms with van der Waals surface area (Å²) in [5.41, 5.74) is 0.910. The molecule has 0 amide bonds. The van der Waals surface area contributed by atoms with Gasteiger partial charge in [-0.15, -0.1) is 0 Å². The van der Waals surface area contributed by atoms with Gasteiger partial charge in [-0.05, 0) is 5.54 Å². The first-order chi connectivity index (χ1) is 4.85. The second kappa shape index (κ2) is 7.61. The zero-order chi connectivity index (χ0) is 7.82.